The molecule has 1 aromatic carbocycles. The molecule has 6 heteroatoms. The van der Waals surface area contributed by atoms with Crippen molar-refractivity contribution >= 4 is 39.1 Å². The molecule has 1 aromatic heterocycles. The van der Waals surface area contributed by atoms with E-state index in [1.165, 1.54) is 17.6 Å². The van der Waals surface area contributed by atoms with E-state index in [1.54, 1.807) is 17.5 Å². The van der Waals surface area contributed by atoms with Gasteiger partial charge in [0.05, 0.1) is 4.47 Å². The fourth-order valence-electron chi connectivity index (χ4n) is 1.09. The predicted molar refractivity (Wildman–Crippen MR) is 88.3 cm³/mol. The molecular formula is C14H18BrClFNOS. The van der Waals surface area contributed by atoms with Crippen LogP contribution in [0.4, 0.5) is 4.39 Å². The minimum Gasteiger partial charge on any atom is -0.471 e. The lowest BCUT2D eigenvalue weighted by atomic mass is 10.2. The van der Waals surface area contributed by atoms with Crippen LogP contribution in [0.1, 0.15) is 33.3 Å². The lowest BCUT2D eigenvalue weighted by Crippen LogP contribution is -1.98. The maximum Gasteiger partial charge on any atom is 0.240 e. The Morgan fingerprint density at radius 1 is 1.30 bits per heavy atom. The number of benzene rings is 1. The van der Waals surface area contributed by atoms with Crippen LogP contribution in [0.5, 0.6) is 5.88 Å². The van der Waals surface area contributed by atoms with Crippen LogP contribution >= 0.6 is 39.1 Å². The number of ether oxygens (including phenoxy) is 1. The first-order chi connectivity index (χ1) is 9.66. The summed E-state index contributed by atoms with van der Waals surface area (Å²) in [5.41, 5.74) is 0.448. The highest BCUT2D eigenvalue weighted by molar-refractivity contribution is 9.10. The van der Waals surface area contributed by atoms with E-state index in [9.17, 15) is 4.39 Å². The lowest BCUT2D eigenvalue weighted by molar-refractivity contribution is 0.289. The Morgan fingerprint density at radius 3 is 2.45 bits per heavy atom. The van der Waals surface area contributed by atoms with Gasteiger partial charge in [-0.05, 0) is 39.6 Å². The maximum absolute atomic E-state index is 13.4. The number of halogens is 3. The highest BCUT2D eigenvalue weighted by Gasteiger charge is 2.07. The van der Waals surface area contributed by atoms with Gasteiger partial charge >= 0.3 is 0 Å². The Kier molecular flexibility index (Phi) is 10.7. The first kappa shape index (κ1) is 19.4. The van der Waals surface area contributed by atoms with Gasteiger partial charge in [0, 0.05) is 16.0 Å². The fraction of sp³-hybridized carbons (Fsp3) is 0.357. The average Bonchev–Trinajstić information content (AvgIpc) is 2.88. The molecule has 112 valence electrons. The zero-order chi connectivity index (χ0) is 15.5. The van der Waals surface area contributed by atoms with Crippen LogP contribution in [0.3, 0.4) is 0 Å². The Bertz CT molecular complexity index is 508. The molecule has 0 N–H and O–H groups in total. The lowest BCUT2D eigenvalue weighted by Gasteiger charge is -2.05. The van der Waals surface area contributed by atoms with E-state index in [2.05, 4.69) is 20.3 Å². The Hall–Kier alpha value is -0.650. The van der Waals surface area contributed by atoms with Gasteiger partial charge in [-0.25, -0.2) is 4.39 Å². The molecule has 0 aliphatic rings. The summed E-state index contributed by atoms with van der Waals surface area (Å²) in [4.78, 5) is 0. The predicted octanol–water partition coefficient (Wildman–Crippen LogP) is 6.33. The Labute approximate surface area is 137 Å². The molecule has 0 bridgehead atoms. The third kappa shape index (κ3) is 6.20. The topological polar surface area (TPSA) is 22.1 Å². The van der Waals surface area contributed by atoms with Gasteiger partial charge in [-0.1, -0.05) is 45.4 Å². The fourth-order valence-corrected chi connectivity index (χ4v) is 2.32. The van der Waals surface area contributed by atoms with E-state index in [4.69, 9.17) is 16.3 Å². The van der Waals surface area contributed by atoms with Gasteiger partial charge in [0.1, 0.15) is 12.4 Å². The van der Waals surface area contributed by atoms with Crippen molar-refractivity contribution in [1.82, 2.24) is 4.37 Å². The molecule has 2 aromatic rings. The van der Waals surface area contributed by atoms with Gasteiger partial charge in [-0.2, -0.15) is 4.37 Å². The molecule has 0 aliphatic carbocycles. The smallest absolute Gasteiger partial charge is 0.240 e. The summed E-state index contributed by atoms with van der Waals surface area (Å²) < 4.78 is 23.5. The van der Waals surface area contributed by atoms with Crippen molar-refractivity contribution < 1.29 is 9.13 Å². The number of hydrogen-bond acceptors (Lipinski definition) is 3. The standard InChI is InChI=1S/C10H6BrClFNOS.2C2H6/c11-8-5-16-14-10(8)15-4-6-1-2-7(12)3-9(6)13;2*1-2/h1-3,5H,4H2;2*1-2H3. The minimum atomic E-state index is -0.376. The molecule has 1 heterocycles. The van der Waals surface area contributed by atoms with E-state index in [1.807, 2.05) is 27.7 Å². The maximum atomic E-state index is 13.4. The van der Waals surface area contributed by atoms with Crippen molar-refractivity contribution in [2.24, 2.45) is 0 Å². The quantitative estimate of drug-likeness (QED) is 0.619. The van der Waals surface area contributed by atoms with Crippen molar-refractivity contribution in [1.29, 1.82) is 0 Å². The van der Waals surface area contributed by atoms with Gasteiger partial charge in [0.15, 0.2) is 0 Å². The van der Waals surface area contributed by atoms with Crippen molar-refractivity contribution in [2.45, 2.75) is 34.3 Å². The minimum absolute atomic E-state index is 0.130. The summed E-state index contributed by atoms with van der Waals surface area (Å²) in [5.74, 6) is 0.0956. The highest BCUT2D eigenvalue weighted by Crippen LogP contribution is 2.26. The van der Waals surface area contributed by atoms with Crippen molar-refractivity contribution in [3.05, 3.63) is 44.5 Å². The Balaban J connectivity index is 0.000000829. The first-order valence-electron chi connectivity index (χ1n) is 6.33. The van der Waals surface area contributed by atoms with Gasteiger partial charge in [0.25, 0.3) is 0 Å². The highest BCUT2D eigenvalue weighted by atomic mass is 79.9. The van der Waals surface area contributed by atoms with Crippen LogP contribution in [0.25, 0.3) is 0 Å². The Morgan fingerprint density at radius 2 is 1.95 bits per heavy atom. The van der Waals surface area contributed by atoms with Crippen molar-refractivity contribution in [3.63, 3.8) is 0 Å². The van der Waals surface area contributed by atoms with Crippen LogP contribution in [0.15, 0.2) is 28.1 Å². The molecular weight excluding hydrogens is 365 g/mol. The molecule has 0 radical (unpaired) electrons. The molecule has 0 fully saturated rings. The molecule has 20 heavy (non-hydrogen) atoms. The van der Waals surface area contributed by atoms with E-state index >= 15 is 0 Å². The largest absolute Gasteiger partial charge is 0.471 e. The molecule has 2 nitrogen and oxygen atoms in total. The molecule has 0 spiro atoms. The van der Waals surface area contributed by atoms with Gasteiger partial charge < -0.3 is 4.74 Å². The second-order valence-corrected chi connectivity index (χ2v) is 4.91. The van der Waals surface area contributed by atoms with Crippen LogP contribution in [-0.4, -0.2) is 4.37 Å². The third-order valence-electron chi connectivity index (χ3n) is 1.88. The van der Waals surface area contributed by atoms with Crippen LogP contribution in [-0.2, 0) is 6.61 Å². The van der Waals surface area contributed by atoms with E-state index in [0.29, 0.717) is 16.5 Å². The number of aromatic nitrogens is 1. The third-order valence-corrected chi connectivity index (χ3v) is 3.59. The van der Waals surface area contributed by atoms with Gasteiger partial charge in [0.2, 0.25) is 5.88 Å². The summed E-state index contributed by atoms with van der Waals surface area (Å²) >= 11 is 10.2. The van der Waals surface area contributed by atoms with E-state index in [-0.39, 0.29) is 12.4 Å². The normalized spacial score (nSPS) is 8.95. The van der Waals surface area contributed by atoms with Crippen molar-refractivity contribution in [3.8, 4) is 5.88 Å². The van der Waals surface area contributed by atoms with Crippen LogP contribution in [0, 0.1) is 5.82 Å². The van der Waals surface area contributed by atoms with E-state index < -0.39 is 0 Å². The molecule has 0 saturated carbocycles. The molecule has 0 atom stereocenters. The van der Waals surface area contributed by atoms with Gasteiger partial charge in [-0.15, -0.1) is 0 Å². The van der Waals surface area contributed by atoms with E-state index in [0.717, 1.165) is 4.47 Å². The molecule has 0 amide bonds. The monoisotopic (exact) mass is 381 g/mol. The van der Waals surface area contributed by atoms with Crippen LogP contribution in [0.2, 0.25) is 5.02 Å². The second-order valence-electron chi connectivity index (χ2n) is 2.99. The summed E-state index contributed by atoms with van der Waals surface area (Å²) in [5, 5.41) is 2.17. The SMILES string of the molecule is CC.CC.Fc1cc(Cl)ccc1COc1nscc1Br. The summed E-state index contributed by atoms with van der Waals surface area (Å²) in [7, 11) is 0. The molecule has 0 unspecified atom stereocenters. The number of rotatable bonds is 3. The summed E-state index contributed by atoms with van der Waals surface area (Å²) in [6.07, 6.45) is 0. The zero-order valence-corrected chi connectivity index (χ0v) is 15.1. The summed E-state index contributed by atoms with van der Waals surface area (Å²) in [6, 6.07) is 4.48. The van der Waals surface area contributed by atoms with Crippen LogP contribution < -0.4 is 4.74 Å². The zero-order valence-electron chi connectivity index (χ0n) is 11.9. The molecule has 0 saturated heterocycles. The molecule has 0 aliphatic heterocycles. The second kappa shape index (κ2) is 11.1. The average molecular weight is 383 g/mol. The number of nitrogens with zero attached hydrogens (tertiary/aromatic N) is 1. The molecule has 2 rings (SSSR count). The summed E-state index contributed by atoms with van der Waals surface area (Å²) in [6.45, 7) is 8.13. The first-order valence-corrected chi connectivity index (χ1v) is 8.34. The van der Waals surface area contributed by atoms with Crippen molar-refractivity contribution in [2.75, 3.05) is 0 Å². The number of hydrogen-bond donors (Lipinski definition) is 0. The van der Waals surface area contributed by atoms with Gasteiger partial charge in [-0.3, -0.25) is 0 Å².